The Kier molecular flexibility index (Phi) is 4.38. The maximum atomic E-state index is 2.35. The molecule has 0 radical (unpaired) electrons. The van der Waals surface area contributed by atoms with Gasteiger partial charge >= 0.3 is 150 Å². The number of rotatable bonds is 4. The molecular weight excluding hydrogens is 423 g/mol. The molecular formula is C20H16S2Sn. The normalized spacial score (nSPS) is 11.5. The van der Waals surface area contributed by atoms with Crippen molar-refractivity contribution in [3.05, 3.63) is 95.7 Å². The third-order valence-corrected chi connectivity index (χ3v) is 23.7. The zero-order valence-electron chi connectivity index (χ0n) is 12.6. The number of hydrogen-bond donors (Lipinski definition) is 0. The third-order valence-electron chi connectivity index (χ3n) is 4.20. The van der Waals surface area contributed by atoms with E-state index in [2.05, 4.69) is 95.7 Å². The second-order valence-electron chi connectivity index (χ2n) is 5.44. The molecule has 0 bridgehead atoms. The molecule has 0 saturated heterocycles. The molecule has 0 spiro atoms. The van der Waals surface area contributed by atoms with E-state index in [1.165, 1.54) is 7.16 Å². The van der Waals surface area contributed by atoms with Crippen LogP contribution in [0.1, 0.15) is 0 Å². The van der Waals surface area contributed by atoms with Gasteiger partial charge in [-0.1, -0.05) is 0 Å². The molecule has 4 aromatic rings. The molecule has 0 aliphatic carbocycles. The van der Waals surface area contributed by atoms with E-state index >= 15 is 0 Å². The topological polar surface area (TPSA) is 0 Å². The quantitative estimate of drug-likeness (QED) is 0.429. The molecule has 0 atom stereocenters. The van der Waals surface area contributed by atoms with Crippen LogP contribution in [0.25, 0.3) is 0 Å². The Morgan fingerprint density at radius 2 is 0.913 bits per heavy atom. The third kappa shape index (κ3) is 2.59. The summed E-state index contributed by atoms with van der Waals surface area (Å²) in [6.07, 6.45) is 0. The molecule has 0 aliphatic rings. The van der Waals surface area contributed by atoms with Gasteiger partial charge < -0.3 is 0 Å². The molecule has 0 saturated carbocycles. The van der Waals surface area contributed by atoms with E-state index in [0.29, 0.717) is 0 Å². The first-order valence-electron chi connectivity index (χ1n) is 7.61. The van der Waals surface area contributed by atoms with E-state index < -0.39 is 18.4 Å². The molecule has 3 heteroatoms. The van der Waals surface area contributed by atoms with Crippen molar-refractivity contribution in [3.63, 3.8) is 0 Å². The van der Waals surface area contributed by atoms with Gasteiger partial charge in [0.25, 0.3) is 0 Å². The Bertz CT molecular complexity index is 775. The van der Waals surface area contributed by atoms with Crippen LogP contribution in [-0.2, 0) is 0 Å². The Morgan fingerprint density at radius 3 is 1.26 bits per heavy atom. The van der Waals surface area contributed by atoms with Gasteiger partial charge in [-0.2, -0.15) is 0 Å². The van der Waals surface area contributed by atoms with Gasteiger partial charge in [-0.25, -0.2) is 0 Å². The monoisotopic (exact) mass is 440 g/mol. The fraction of sp³-hybridized carbons (Fsp3) is 0. The van der Waals surface area contributed by atoms with Crippen LogP contribution >= 0.6 is 22.7 Å². The summed E-state index contributed by atoms with van der Waals surface area (Å²) in [4.78, 5) is 0. The van der Waals surface area contributed by atoms with Crippen LogP contribution in [0.4, 0.5) is 0 Å². The van der Waals surface area contributed by atoms with Crippen molar-refractivity contribution in [2.75, 3.05) is 0 Å². The fourth-order valence-corrected chi connectivity index (χ4v) is 24.6. The summed E-state index contributed by atoms with van der Waals surface area (Å²) >= 11 is 0.690. The molecule has 0 nitrogen and oxygen atoms in total. The van der Waals surface area contributed by atoms with Crippen LogP contribution in [0.2, 0.25) is 0 Å². The Morgan fingerprint density at radius 1 is 0.478 bits per heavy atom. The van der Waals surface area contributed by atoms with Crippen LogP contribution in [0.5, 0.6) is 0 Å². The van der Waals surface area contributed by atoms with Crippen molar-refractivity contribution >= 4 is 54.0 Å². The Hall–Kier alpha value is -1.36. The molecule has 0 aliphatic heterocycles. The van der Waals surface area contributed by atoms with E-state index in [0.717, 1.165) is 0 Å². The van der Waals surface area contributed by atoms with Crippen LogP contribution in [0.15, 0.2) is 95.7 Å². The summed E-state index contributed by atoms with van der Waals surface area (Å²) in [6, 6.07) is 31.4. The van der Waals surface area contributed by atoms with E-state index in [9.17, 15) is 0 Å². The molecule has 4 rings (SSSR count). The van der Waals surface area contributed by atoms with Crippen LogP contribution in [0, 0.1) is 0 Å². The van der Waals surface area contributed by atoms with Crippen molar-refractivity contribution in [2.45, 2.75) is 0 Å². The van der Waals surface area contributed by atoms with Crippen LogP contribution in [-0.4, -0.2) is 18.4 Å². The molecule has 23 heavy (non-hydrogen) atoms. The van der Waals surface area contributed by atoms with Crippen molar-refractivity contribution in [2.24, 2.45) is 0 Å². The minimum absolute atomic E-state index is 1.53. The summed E-state index contributed by atoms with van der Waals surface area (Å²) in [5.41, 5.74) is 0. The van der Waals surface area contributed by atoms with E-state index in [1.54, 1.807) is 5.79 Å². The van der Waals surface area contributed by atoms with Gasteiger partial charge in [0.2, 0.25) is 0 Å². The van der Waals surface area contributed by atoms with Crippen molar-refractivity contribution in [3.8, 4) is 0 Å². The van der Waals surface area contributed by atoms with Gasteiger partial charge in [0.1, 0.15) is 0 Å². The van der Waals surface area contributed by atoms with Gasteiger partial charge in [-0.05, 0) is 0 Å². The first kappa shape index (κ1) is 15.2. The second kappa shape index (κ2) is 6.63. The van der Waals surface area contributed by atoms with Gasteiger partial charge in [0.05, 0.1) is 0 Å². The average Bonchev–Trinajstić information content (AvgIpc) is 3.32. The Balaban J connectivity index is 2.11. The molecule has 0 N–H and O–H groups in total. The first-order valence-corrected chi connectivity index (χ1v) is 15.1. The average molecular weight is 439 g/mol. The maximum absolute atomic E-state index is 3.15. The molecule has 0 amide bonds. The van der Waals surface area contributed by atoms with Crippen molar-refractivity contribution < 1.29 is 0 Å². The summed E-state index contributed by atoms with van der Waals surface area (Å²) in [7, 11) is 0. The van der Waals surface area contributed by atoms with Crippen molar-refractivity contribution in [1.29, 1.82) is 0 Å². The van der Waals surface area contributed by atoms with E-state index in [1.807, 2.05) is 22.7 Å². The summed E-state index contributed by atoms with van der Waals surface area (Å²) in [5.74, 6) is 0. The summed E-state index contributed by atoms with van der Waals surface area (Å²) in [6.45, 7) is 0. The fourth-order valence-electron chi connectivity index (χ4n) is 3.22. The Labute approximate surface area is 149 Å². The molecule has 2 aromatic heterocycles. The predicted octanol–water partition coefficient (Wildman–Crippen LogP) is 3.19. The second-order valence-corrected chi connectivity index (χ2v) is 20.1. The van der Waals surface area contributed by atoms with Gasteiger partial charge in [-0.3, -0.25) is 0 Å². The van der Waals surface area contributed by atoms with Gasteiger partial charge in [0, 0.05) is 0 Å². The number of benzene rings is 2. The first-order chi connectivity index (χ1) is 11.4. The van der Waals surface area contributed by atoms with Crippen LogP contribution in [0.3, 0.4) is 0 Å². The van der Waals surface area contributed by atoms with E-state index in [-0.39, 0.29) is 0 Å². The zero-order chi connectivity index (χ0) is 15.5. The zero-order valence-corrected chi connectivity index (χ0v) is 17.0. The number of thiophene rings is 2. The predicted molar refractivity (Wildman–Crippen MR) is 106 cm³/mol. The van der Waals surface area contributed by atoms with E-state index in [4.69, 9.17) is 0 Å². The minimum atomic E-state index is -3.15. The molecule has 2 aromatic carbocycles. The van der Waals surface area contributed by atoms with Crippen LogP contribution < -0.4 is 12.9 Å². The summed E-state index contributed by atoms with van der Waals surface area (Å²) < 4.78 is 6.19. The SMILES string of the molecule is c1cc[c]([Sn]([c]2ccccc2)([c]2cccs2)[c]2cccs2)cc1. The molecule has 112 valence electrons. The standard InChI is InChI=1S/2C6H5.2C4H3S.Sn/c2*1-2-4-6-5-3-1;2*1-2-4-5-3-1;/h2*1-5H;2*1-3H;. The van der Waals surface area contributed by atoms with Gasteiger partial charge in [0.15, 0.2) is 0 Å². The summed E-state index contributed by atoms with van der Waals surface area (Å²) in [5, 5.41) is 4.45. The molecule has 0 fully saturated rings. The van der Waals surface area contributed by atoms with Crippen molar-refractivity contribution in [1.82, 2.24) is 0 Å². The van der Waals surface area contributed by atoms with Gasteiger partial charge in [-0.15, -0.1) is 0 Å². The molecule has 2 heterocycles. The molecule has 0 unspecified atom stereocenters. The number of hydrogen-bond acceptors (Lipinski definition) is 2.